The van der Waals surface area contributed by atoms with Gasteiger partial charge in [-0.2, -0.15) is 0 Å². The SMILES string of the molecule is COc1ncccc1C(=O)N1CCN(c2nccs2)C(=O)C1. The number of carbonyl (C=O) groups is 2. The third-order valence-electron chi connectivity index (χ3n) is 3.35. The molecule has 114 valence electrons. The molecule has 1 aliphatic rings. The molecule has 2 aromatic heterocycles. The van der Waals surface area contributed by atoms with Crippen LogP contribution in [0, 0.1) is 0 Å². The zero-order valence-corrected chi connectivity index (χ0v) is 12.7. The van der Waals surface area contributed by atoms with Crippen LogP contribution in [0.25, 0.3) is 0 Å². The molecule has 1 saturated heterocycles. The molecule has 0 aliphatic carbocycles. The molecule has 0 aromatic carbocycles. The molecular formula is C14H14N4O3S. The Hall–Kier alpha value is -2.48. The molecule has 0 N–H and O–H groups in total. The highest BCUT2D eigenvalue weighted by Gasteiger charge is 2.30. The highest BCUT2D eigenvalue weighted by molar-refractivity contribution is 7.13. The van der Waals surface area contributed by atoms with Crippen molar-refractivity contribution in [1.29, 1.82) is 0 Å². The molecule has 3 heterocycles. The predicted molar refractivity (Wildman–Crippen MR) is 81.2 cm³/mol. The van der Waals surface area contributed by atoms with Gasteiger partial charge in [-0.15, -0.1) is 11.3 Å². The quantitative estimate of drug-likeness (QED) is 0.845. The Morgan fingerprint density at radius 3 is 2.86 bits per heavy atom. The van der Waals surface area contributed by atoms with Crippen molar-refractivity contribution in [3.05, 3.63) is 35.5 Å². The average molecular weight is 318 g/mol. The highest BCUT2D eigenvalue weighted by Crippen LogP contribution is 2.22. The van der Waals surface area contributed by atoms with Crippen LogP contribution in [0.3, 0.4) is 0 Å². The number of aromatic nitrogens is 2. The molecule has 7 nitrogen and oxygen atoms in total. The van der Waals surface area contributed by atoms with E-state index in [0.717, 1.165) is 0 Å². The van der Waals surface area contributed by atoms with Crippen molar-refractivity contribution in [2.45, 2.75) is 0 Å². The average Bonchev–Trinajstić information content (AvgIpc) is 3.08. The van der Waals surface area contributed by atoms with Gasteiger partial charge in [0.15, 0.2) is 5.13 Å². The van der Waals surface area contributed by atoms with Crippen molar-refractivity contribution < 1.29 is 14.3 Å². The summed E-state index contributed by atoms with van der Waals surface area (Å²) in [5.41, 5.74) is 0.362. The zero-order chi connectivity index (χ0) is 15.5. The monoisotopic (exact) mass is 318 g/mol. The fraction of sp³-hybridized carbons (Fsp3) is 0.286. The van der Waals surface area contributed by atoms with Crippen molar-refractivity contribution in [3.8, 4) is 5.88 Å². The molecule has 2 amide bonds. The Balaban J connectivity index is 1.75. The minimum absolute atomic E-state index is 0.0243. The predicted octanol–water partition coefficient (Wildman–Crippen LogP) is 1.04. The molecule has 8 heteroatoms. The molecular weight excluding hydrogens is 304 g/mol. The van der Waals surface area contributed by atoms with E-state index >= 15 is 0 Å². The maximum atomic E-state index is 12.5. The van der Waals surface area contributed by atoms with Crippen molar-refractivity contribution in [3.63, 3.8) is 0 Å². The van der Waals surface area contributed by atoms with Gasteiger partial charge < -0.3 is 9.64 Å². The van der Waals surface area contributed by atoms with E-state index in [1.165, 1.54) is 23.3 Å². The fourth-order valence-electron chi connectivity index (χ4n) is 2.28. The number of carbonyl (C=O) groups excluding carboxylic acids is 2. The number of rotatable bonds is 3. The van der Waals surface area contributed by atoms with Crippen LogP contribution in [-0.4, -0.2) is 53.4 Å². The van der Waals surface area contributed by atoms with Crippen molar-refractivity contribution >= 4 is 28.3 Å². The zero-order valence-electron chi connectivity index (χ0n) is 11.9. The number of anilines is 1. The first-order valence-corrected chi connectivity index (χ1v) is 7.57. The lowest BCUT2D eigenvalue weighted by molar-refractivity contribution is -0.120. The van der Waals surface area contributed by atoms with Crippen molar-refractivity contribution in [1.82, 2.24) is 14.9 Å². The van der Waals surface area contributed by atoms with E-state index in [2.05, 4.69) is 9.97 Å². The number of amides is 2. The number of methoxy groups -OCH3 is 1. The molecule has 22 heavy (non-hydrogen) atoms. The van der Waals surface area contributed by atoms with E-state index in [4.69, 9.17) is 4.74 Å². The van der Waals surface area contributed by atoms with E-state index in [0.29, 0.717) is 23.8 Å². The van der Waals surface area contributed by atoms with Gasteiger partial charge in [0.25, 0.3) is 5.91 Å². The smallest absolute Gasteiger partial charge is 0.259 e. The summed E-state index contributed by atoms with van der Waals surface area (Å²) < 4.78 is 5.10. The summed E-state index contributed by atoms with van der Waals surface area (Å²) in [6, 6.07) is 3.31. The van der Waals surface area contributed by atoms with Crippen LogP contribution in [0.4, 0.5) is 5.13 Å². The third kappa shape index (κ3) is 2.64. The molecule has 0 radical (unpaired) electrons. The lowest BCUT2D eigenvalue weighted by Crippen LogP contribution is -2.52. The molecule has 1 aliphatic heterocycles. The largest absolute Gasteiger partial charge is 0.480 e. The molecule has 2 aromatic rings. The third-order valence-corrected chi connectivity index (χ3v) is 4.15. The number of ether oxygens (including phenoxy) is 1. The van der Waals surface area contributed by atoms with Gasteiger partial charge in [0, 0.05) is 30.9 Å². The van der Waals surface area contributed by atoms with Gasteiger partial charge in [-0.3, -0.25) is 14.5 Å². The lowest BCUT2D eigenvalue weighted by atomic mass is 10.2. The summed E-state index contributed by atoms with van der Waals surface area (Å²) in [6.07, 6.45) is 3.21. The van der Waals surface area contributed by atoms with E-state index < -0.39 is 0 Å². The van der Waals surface area contributed by atoms with Crippen LogP contribution in [0.15, 0.2) is 29.9 Å². The first-order chi connectivity index (χ1) is 10.7. The summed E-state index contributed by atoms with van der Waals surface area (Å²) in [7, 11) is 1.46. The number of nitrogens with zero attached hydrogens (tertiary/aromatic N) is 4. The number of piperazine rings is 1. The first kappa shape index (κ1) is 14.5. The van der Waals surface area contributed by atoms with Gasteiger partial charge in [-0.25, -0.2) is 9.97 Å². The number of thiazole rings is 1. The van der Waals surface area contributed by atoms with Gasteiger partial charge in [0.05, 0.1) is 7.11 Å². The summed E-state index contributed by atoms with van der Waals surface area (Å²) in [6.45, 7) is 0.902. The van der Waals surface area contributed by atoms with E-state index in [9.17, 15) is 9.59 Å². The Bertz CT molecular complexity index is 689. The Morgan fingerprint density at radius 1 is 1.32 bits per heavy atom. The van der Waals surface area contributed by atoms with Crippen molar-refractivity contribution in [2.75, 3.05) is 31.6 Å². The number of pyridine rings is 1. The standard InChI is InChI=1S/C14H14N4O3S/c1-21-12-10(3-2-4-15-12)13(20)17-6-7-18(11(19)9-17)14-16-5-8-22-14/h2-5,8H,6-7,9H2,1H3. The second-order valence-electron chi connectivity index (χ2n) is 4.65. The maximum absolute atomic E-state index is 12.5. The fourth-order valence-corrected chi connectivity index (χ4v) is 2.97. The van der Waals surface area contributed by atoms with Crippen LogP contribution in [0.5, 0.6) is 5.88 Å². The maximum Gasteiger partial charge on any atom is 0.259 e. The van der Waals surface area contributed by atoms with E-state index in [1.54, 1.807) is 29.4 Å². The topological polar surface area (TPSA) is 75.6 Å². The molecule has 0 bridgehead atoms. The lowest BCUT2D eigenvalue weighted by Gasteiger charge is -2.32. The van der Waals surface area contributed by atoms with E-state index in [-0.39, 0.29) is 24.2 Å². The van der Waals surface area contributed by atoms with Crippen LogP contribution < -0.4 is 9.64 Å². The molecule has 0 unspecified atom stereocenters. The second kappa shape index (κ2) is 6.10. The first-order valence-electron chi connectivity index (χ1n) is 6.69. The Morgan fingerprint density at radius 2 is 2.18 bits per heavy atom. The summed E-state index contributed by atoms with van der Waals surface area (Å²) in [5, 5.41) is 2.48. The molecule has 0 atom stereocenters. The van der Waals surface area contributed by atoms with Gasteiger partial charge in [0.1, 0.15) is 12.1 Å². The van der Waals surface area contributed by atoms with Gasteiger partial charge in [-0.1, -0.05) is 0 Å². The molecule has 0 spiro atoms. The molecule has 3 rings (SSSR count). The van der Waals surface area contributed by atoms with Gasteiger partial charge >= 0.3 is 0 Å². The molecule has 1 fully saturated rings. The number of hydrogen-bond donors (Lipinski definition) is 0. The minimum Gasteiger partial charge on any atom is -0.480 e. The van der Waals surface area contributed by atoms with Crippen LogP contribution in [-0.2, 0) is 4.79 Å². The minimum atomic E-state index is -0.253. The van der Waals surface area contributed by atoms with Crippen molar-refractivity contribution in [2.24, 2.45) is 0 Å². The van der Waals surface area contributed by atoms with Crippen LogP contribution in [0.2, 0.25) is 0 Å². The van der Waals surface area contributed by atoms with Crippen LogP contribution >= 0.6 is 11.3 Å². The Kier molecular flexibility index (Phi) is 4.01. The Labute approximate surface area is 131 Å². The molecule has 0 saturated carbocycles. The normalized spacial score (nSPS) is 15.0. The highest BCUT2D eigenvalue weighted by atomic mass is 32.1. The summed E-state index contributed by atoms with van der Waals surface area (Å²) >= 11 is 1.41. The van der Waals surface area contributed by atoms with Crippen LogP contribution in [0.1, 0.15) is 10.4 Å². The van der Waals surface area contributed by atoms with Gasteiger partial charge in [0.2, 0.25) is 11.8 Å². The second-order valence-corrected chi connectivity index (χ2v) is 5.52. The number of hydrogen-bond acceptors (Lipinski definition) is 6. The summed E-state index contributed by atoms with van der Waals surface area (Å²) in [5.74, 6) is -0.128. The van der Waals surface area contributed by atoms with Gasteiger partial charge in [-0.05, 0) is 12.1 Å². The summed E-state index contributed by atoms with van der Waals surface area (Å²) in [4.78, 5) is 36.0. The van der Waals surface area contributed by atoms with E-state index in [1.807, 2.05) is 5.38 Å².